The predicted octanol–water partition coefficient (Wildman–Crippen LogP) is 1.66. The molecule has 1 aromatic carbocycles. The van der Waals surface area contributed by atoms with Gasteiger partial charge in [-0.25, -0.2) is 4.98 Å². The molecule has 16 heavy (non-hydrogen) atoms. The quantitative estimate of drug-likeness (QED) is 0.594. The van der Waals surface area contributed by atoms with Gasteiger partial charge in [0.15, 0.2) is 0 Å². The molecule has 0 saturated carbocycles. The van der Waals surface area contributed by atoms with Crippen molar-refractivity contribution in [2.75, 3.05) is 5.73 Å². The average Bonchev–Trinajstić information content (AvgIpc) is 2.58. The molecule has 0 spiro atoms. The van der Waals surface area contributed by atoms with Crippen molar-refractivity contribution >= 4 is 27.5 Å². The summed E-state index contributed by atoms with van der Waals surface area (Å²) in [5.74, 6) is 0. The Morgan fingerprint density at radius 1 is 1.12 bits per heavy atom. The molecule has 0 unspecified atom stereocenters. The summed E-state index contributed by atoms with van der Waals surface area (Å²) in [6.07, 6.45) is 1.52. The molecule has 4 heteroatoms. The van der Waals surface area contributed by atoms with Crippen LogP contribution in [0.5, 0.6) is 0 Å². The predicted molar refractivity (Wildman–Crippen MR) is 64.3 cm³/mol. The highest BCUT2D eigenvalue weighted by Gasteiger charge is 2.03. The summed E-state index contributed by atoms with van der Waals surface area (Å²) in [6, 6.07) is 9.53. The van der Waals surface area contributed by atoms with Crippen molar-refractivity contribution in [3.05, 3.63) is 46.9 Å². The van der Waals surface area contributed by atoms with Crippen LogP contribution in [-0.2, 0) is 0 Å². The number of para-hydroxylation sites is 1. The Bertz CT molecular complexity index is 746. The fourth-order valence-corrected chi connectivity index (χ4v) is 1.86. The summed E-state index contributed by atoms with van der Waals surface area (Å²) in [6.45, 7) is 0. The van der Waals surface area contributed by atoms with Crippen LogP contribution in [0.25, 0.3) is 21.8 Å². The summed E-state index contributed by atoms with van der Waals surface area (Å²) in [5.41, 5.74) is 7.23. The number of anilines is 1. The van der Waals surface area contributed by atoms with Crippen molar-refractivity contribution in [1.82, 2.24) is 9.97 Å². The highest BCUT2D eigenvalue weighted by Crippen LogP contribution is 2.23. The molecule has 3 aromatic rings. The van der Waals surface area contributed by atoms with Crippen LogP contribution in [0.2, 0.25) is 0 Å². The first-order valence-corrected chi connectivity index (χ1v) is 4.92. The van der Waals surface area contributed by atoms with Gasteiger partial charge in [0.25, 0.3) is 5.56 Å². The van der Waals surface area contributed by atoms with E-state index in [4.69, 9.17) is 5.73 Å². The summed E-state index contributed by atoms with van der Waals surface area (Å²) < 4.78 is 0. The first kappa shape index (κ1) is 8.91. The molecule has 0 aliphatic carbocycles. The van der Waals surface area contributed by atoms with Crippen molar-refractivity contribution in [3.63, 3.8) is 0 Å². The fourth-order valence-electron chi connectivity index (χ4n) is 1.86. The number of hydrogen-bond acceptors (Lipinski definition) is 3. The van der Waals surface area contributed by atoms with Crippen LogP contribution < -0.4 is 11.3 Å². The SMILES string of the molecule is Nc1cc2c(cnc1=O)[nH]c1ccccc12. The number of H-pyrrole nitrogens is 1. The van der Waals surface area contributed by atoms with E-state index < -0.39 is 5.56 Å². The van der Waals surface area contributed by atoms with E-state index in [1.54, 1.807) is 6.07 Å². The standard InChI is InChI=1S/C12H9N3O/c13-9-5-8-7-3-1-2-4-10(7)15-11(8)6-14-12(9)16/h1-6,15H,(H2,13,14,16). The minimum Gasteiger partial charge on any atom is -0.394 e. The van der Waals surface area contributed by atoms with Gasteiger partial charge in [0.2, 0.25) is 0 Å². The van der Waals surface area contributed by atoms with Gasteiger partial charge in [-0.05, 0) is 12.1 Å². The van der Waals surface area contributed by atoms with Crippen LogP contribution >= 0.6 is 0 Å². The maximum Gasteiger partial charge on any atom is 0.292 e. The molecule has 0 atom stereocenters. The Kier molecular flexibility index (Phi) is 1.71. The first-order chi connectivity index (χ1) is 7.75. The van der Waals surface area contributed by atoms with Crippen molar-refractivity contribution in [2.24, 2.45) is 0 Å². The first-order valence-electron chi connectivity index (χ1n) is 4.92. The van der Waals surface area contributed by atoms with Gasteiger partial charge in [0.1, 0.15) is 5.69 Å². The van der Waals surface area contributed by atoms with Crippen molar-refractivity contribution < 1.29 is 0 Å². The minimum absolute atomic E-state index is 0.166. The second-order valence-electron chi connectivity index (χ2n) is 3.66. The number of benzene rings is 1. The lowest BCUT2D eigenvalue weighted by Crippen LogP contribution is -2.06. The second-order valence-corrected chi connectivity index (χ2v) is 3.66. The highest BCUT2D eigenvalue weighted by molar-refractivity contribution is 6.07. The van der Waals surface area contributed by atoms with E-state index in [0.717, 1.165) is 21.8 Å². The molecule has 0 aliphatic heterocycles. The highest BCUT2D eigenvalue weighted by atomic mass is 16.1. The molecule has 4 nitrogen and oxygen atoms in total. The van der Waals surface area contributed by atoms with Crippen molar-refractivity contribution in [1.29, 1.82) is 0 Å². The topological polar surface area (TPSA) is 71.8 Å². The lowest BCUT2D eigenvalue weighted by atomic mass is 10.2. The lowest BCUT2D eigenvalue weighted by molar-refractivity contribution is 1.28. The summed E-state index contributed by atoms with van der Waals surface area (Å²) in [7, 11) is 0. The molecular formula is C12H9N3O. The third kappa shape index (κ3) is 1.16. The van der Waals surface area contributed by atoms with Crippen molar-refractivity contribution in [3.8, 4) is 0 Å². The Morgan fingerprint density at radius 2 is 1.94 bits per heavy atom. The molecular weight excluding hydrogens is 202 g/mol. The number of nitrogens with one attached hydrogen (secondary N) is 1. The largest absolute Gasteiger partial charge is 0.394 e. The molecule has 2 aromatic heterocycles. The lowest BCUT2D eigenvalue weighted by Gasteiger charge is -1.87. The van der Waals surface area contributed by atoms with E-state index in [-0.39, 0.29) is 5.69 Å². The van der Waals surface area contributed by atoms with Crippen LogP contribution in [0.1, 0.15) is 0 Å². The van der Waals surface area contributed by atoms with E-state index in [9.17, 15) is 4.79 Å². The molecule has 3 N–H and O–H groups in total. The van der Waals surface area contributed by atoms with Crippen LogP contribution in [0.3, 0.4) is 0 Å². The van der Waals surface area contributed by atoms with E-state index in [0.29, 0.717) is 0 Å². The fraction of sp³-hybridized carbons (Fsp3) is 0. The third-order valence-corrected chi connectivity index (χ3v) is 2.63. The summed E-state index contributed by atoms with van der Waals surface area (Å²) in [5, 5.41) is 1.96. The number of aromatic nitrogens is 2. The Morgan fingerprint density at radius 3 is 2.81 bits per heavy atom. The maximum atomic E-state index is 11.3. The van der Waals surface area contributed by atoms with E-state index in [1.807, 2.05) is 24.3 Å². The minimum atomic E-state index is -0.395. The molecule has 0 saturated heterocycles. The van der Waals surface area contributed by atoms with Crippen LogP contribution in [-0.4, -0.2) is 9.97 Å². The Hall–Kier alpha value is -2.36. The third-order valence-electron chi connectivity index (χ3n) is 2.63. The normalized spacial score (nSPS) is 11.0. The zero-order valence-electron chi connectivity index (χ0n) is 8.40. The number of nitrogens with two attached hydrogens (primary N) is 1. The summed E-state index contributed by atoms with van der Waals surface area (Å²) in [4.78, 5) is 18.3. The van der Waals surface area contributed by atoms with Gasteiger partial charge in [0, 0.05) is 16.3 Å². The molecule has 0 radical (unpaired) electrons. The Balaban J connectivity index is 2.61. The zero-order chi connectivity index (χ0) is 11.1. The van der Waals surface area contributed by atoms with Crippen LogP contribution in [0.4, 0.5) is 5.69 Å². The smallest absolute Gasteiger partial charge is 0.292 e. The van der Waals surface area contributed by atoms with Gasteiger partial charge in [0.05, 0.1) is 11.7 Å². The molecule has 2 heterocycles. The summed E-state index contributed by atoms with van der Waals surface area (Å²) >= 11 is 0. The van der Waals surface area contributed by atoms with Crippen molar-refractivity contribution in [2.45, 2.75) is 0 Å². The molecule has 3 rings (SSSR count). The molecule has 0 fully saturated rings. The van der Waals surface area contributed by atoms with E-state index in [2.05, 4.69) is 9.97 Å². The van der Waals surface area contributed by atoms with Crippen LogP contribution in [0.15, 0.2) is 41.3 Å². The molecule has 78 valence electrons. The number of hydrogen-bond donors (Lipinski definition) is 2. The number of nitrogens with zero attached hydrogens (tertiary/aromatic N) is 1. The van der Waals surface area contributed by atoms with Crippen LogP contribution in [0, 0.1) is 0 Å². The van der Waals surface area contributed by atoms with Gasteiger partial charge in [-0.15, -0.1) is 0 Å². The zero-order valence-corrected chi connectivity index (χ0v) is 8.40. The number of rotatable bonds is 0. The second kappa shape index (κ2) is 3.06. The monoisotopic (exact) mass is 211 g/mol. The van der Waals surface area contributed by atoms with E-state index in [1.165, 1.54) is 6.20 Å². The number of fused-ring (bicyclic) bond motifs is 3. The molecule has 0 amide bonds. The maximum absolute atomic E-state index is 11.3. The van der Waals surface area contributed by atoms with Gasteiger partial charge >= 0.3 is 0 Å². The molecule has 0 aliphatic rings. The van der Waals surface area contributed by atoms with Gasteiger partial charge in [-0.3, -0.25) is 4.79 Å². The van der Waals surface area contributed by atoms with Gasteiger partial charge in [-0.1, -0.05) is 18.2 Å². The number of aromatic amines is 1. The van der Waals surface area contributed by atoms with Gasteiger partial charge in [-0.2, -0.15) is 0 Å². The Labute approximate surface area is 90.7 Å². The van der Waals surface area contributed by atoms with Gasteiger partial charge < -0.3 is 10.7 Å². The number of nitrogen functional groups attached to an aromatic ring is 1. The average molecular weight is 211 g/mol. The molecule has 0 bridgehead atoms. The van der Waals surface area contributed by atoms with E-state index >= 15 is 0 Å².